The number of aromatic nitrogens is 3. The highest BCUT2D eigenvalue weighted by atomic mass is 19.4. The highest BCUT2D eigenvalue weighted by Gasteiger charge is 2.57. The van der Waals surface area contributed by atoms with E-state index in [9.17, 15) is 27.5 Å². The van der Waals surface area contributed by atoms with E-state index in [2.05, 4.69) is 15.4 Å². The van der Waals surface area contributed by atoms with E-state index in [0.29, 0.717) is 28.2 Å². The van der Waals surface area contributed by atoms with Crippen molar-refractivity contribution in [2.24, 2.45) is 0 Å². The van der Waals surface area contributed by atoms with Gasteiger partial charge in [0.1, 0.15) is 17.3 Å². The molecular weight excluding hydrogens is 528 g/mol. The second-order valence-electron chi connectivity index (χ2n) is 9.83. The summed E-state index contributed by atoms with van der Waals surface area (Å²) >= 11 is 0. The molecule has 2 aromatic carbocycles. The number of aryl methyl sites for hydroxylation is 1. The van der Waals surface area contributed by atoms with Crippen LogP contribution in [0.15, 0.2) is 60.7 Å². The predicted molar refractivity (Wildman–Crippen MR) is 139 cm³/mol. The number of hydrogen-bond acceptors (Lipinski definition) is 5. The Balaban J connectivity index is 1.52. The average molecular weight is 555 g/mol. The number of rotatable bonds is 6. The Morgan fingerprint density at radius 3 is 2.45 bits per heavy atom. The monoisotopic (exact) mass is 554 g/mol. The first-order chi connectivity index (χ1) is 18.9. The summed E-state index contributed by atoms with van der Waals surface area (Å²) in [5.74, 6) is -1.36. The van der Waals surface area contributed by atoms with Gasteiger partial charge in [-0.2, -0.15) is 18.3 Å². The van der Waals surface area contributed by atoms with Crippen molar-refractivity contribution < 1.29 is 32.2 Å². The van der Waals surface area contributed by atoms with Crippen molar-refractivity contribution in [2.75, 3.05) is 13.2 Å². The van der Waals surface area contributed by atoms with Crippen LogP contribution in [0.2, 0.25) is 0 Å². The lowest BCUT2D eigenvalue weighted by Crippen LogP contribution is -2.51. The van der Waals surface area contributed by atoms with Gasteiger partial charge in [-0.1, -0.05) is 25.1 Å². The molecule has 4 aromatic rings. The van der Waals surface area contributed by atoms with E-state index in [4.69, 9.17) is 4.74 Å². The van der Waals surface area contributed by atoms with Crippen molar-refractivity contribution in [1.29, 1.82) is 0 Å². The van der Waals surface area contributed by atoms with Crippen molar-refractivity contribution in [3.63, 3.8) is 0 Å². The summed E-state index contributed by atoms with van der Waals surface area (Å²) in [6, 6.07) is 15.2. The van der Waals surface area contributed by atoms with E-state index >= 15 is 0 Å². The molecule has 5 rings (SSSR count). The van der Waals surface area contributed by atoms with Crippen LogP contribution in [0.5, 0.6) is 5.75 Å². The topological polar surface area (TPSA) is 89.3 Å². The van der Waals surface area contributed by atoms with Gasteiger partial charge >= 0.3 is 6.18 Å². The van der Waals surface area contributed by atoms with Crippen LogP contribution in [-0.4, -0.2) is 45.1 Å². The quantitative estimate of drug-likeness (QED) is 0.313. The molecule has 0 radical (unpaired) electrons. The molecule has 1 aliphatic rings. The van der Waals surface area contributed by atoms with Crippen LogP contribution in [0, 0.1) is 19.7 Å². The standard InChI is InChI=1S/C29H26F4N4O3/c1-16-14-40-26-22(16)13-23(35-25(26)19-9-11-20(30)12-10-19)28(39,29(31,32)33)15-34-27(38)24-17(2)36-37(18(24)3)21-7-5-4-6-8-21/h4-13,16,39H,14-15H2,1-3H3,(H,34,38)/t16-,28+/m1/s1. The zero-order valence-corrected chi connectivity index (χ0v) is 21.9. The lowest BCUT2D eigenvalue weighted by Gasteiger charge is -2.31. The molecule has 2 N–H and O–H groups in total. The first kappa shape index (κ1) is 27.3. The van der Waals surface area contributed by atoms with Gasteiger partial charge in [0.25, 0.3) is 5.91 Å². The third kappa shape index (κ3) is 4.70. The molecule has 208 valence electrons. The number of nitrogens with one attached hydrogen (secondary N) is 1. The molecule has 7 nitrogen and oxygen atoms in total. The zero-order chi connectivity index (χ0) is 28.8. The summed E-state index contributed by atoms with van der Waals surface area (Å²) in [6.45, 7) is 3.99. The Morgan fingerprint density at radius 2 is 1.80 bits per heavy atom. The van der Waals surface area contributed by atoms with E-state index in [0.717, 1.165) is 18.2 Å². The van der Waals surface area contributed by atoms with Crippen molar-refractivity contribution in [3.05, 3.63) is 94.7 Å². The minimum Gasteiger partial charge on any atom is -0.490 e. The normalized spacial score (nSPS) is 16.2. The SMILES string of the molecule is Cc1nn(-c2ccccc2)c(C)c1C(=O)NC[C@](O)(c1cc2c(c(-c3ccc(F)cc3)n1)OC[C@H]2C)C(F)(F)F. The van der Waals surface area contributed by atoms with Crippen LogP contribution < -0.4 is 10.1 Å². The number of pyridine rings is 1. The van der Waals surface area contributed by atoms with Gasteiger partial charge < -0.3 is 15.2 Å². The van der Waals surface area contributed by atoms with Gasteiger partial charge in [0.15, 0.2) is 0 Å². The second kappa shape index (κ2) is 10.1. The smallest absolute Gasteiger partial charge is 0.424 e. The van der Waals surface area contributed by atoms with E-state index in [1.165, 1.54) is 16.8 Å². The Morgan fingerprint density at radius 1 is 1.12 bits per heavy atom. The van der Waals surface area contributed by atoms with Crippen LogP contribution in [0.1, 0.15) is 45.8 Å². The second-order valence-corrected chi connectivity index (χ2v) is 9.83. The van der Waals surface area contributed by atoms with Crippen molar-refractivity contribution in [2.45, 2.75) is 38.5 Å². The molecule has 3 heterocycles. The number of fused-ring (bicyclic) bond motifs is 1. The van der Waals surface area contributed by atoms with Gasteiger partial charge in [-0.3, -0.25) is 4.79 Å². The number of alkyl halides is 3. The van der Waals surface area contributed by atoms with Crippen LogP contribution in [-0.2, 0) is 5.60 Å². The lowest BCUT2D eigenvalue weighted by atomic mass is 9.92. The maximum Gasteiger partial charge on any atom is 0.424 e. The van der Waals surface area contributed by atoms with Crippen LogP contribution in [0.3, 0.4) is 0 Å². The number of para-hydroxylation sites is 1. The van der Waals surface area contributed by atoms with Crippen LogP contribution in [0.4, 0.5) is 17.6 Å². The Hall–Kier alpha value is -4.25. The number of aliphatic hydroxyl groups is 1. The van der Waals surface area contributed by atoms with E-state index in [1.807, 2.05) is 6.07 Å². The third-order valence-electron chi connectivity index (χ3n) is 7.04. The summed E-state index contributed by atoms with van der Waals surface area (Å²) in [4.78, 5) is 17.3. The molecule has 2 atom stereocenters. The highest BCUT2D eigenvalue weighted by molar-refractivity contribution is 5.96. The minimum atomic E-state index is -5.21. The fraction of sp³-hybridized carbons (Fsp3) is 0.276. The predicted octanol–water partition coefficient (Wildman–Crippen LogP) is 5.37. The molecule has 0 fully saturated rings. The molecule has 0 unspecified atom stereocenters. The Kier molecular flexibility index (Phi) is 6.87. The molecule has 0 saturated heterocycles. The highest BCUT2D eigenvalue weighted by Crippen LogP contribution is 2.45. The van der Waals surface area contributed by atoms with E-state index < -0.39 is 35.7 Å². The Bertz CT molecular complexity index is 1570. The lowest BCUT2D eigenvalue weighted by molar-refractivity contribution is -0.265. The molecule has 1 aliphatic heterocycles. The molecule has 1 amide bonds. The average Bonchev–Trinajstić information content (AvgIpc) is 3.45. The summed E-state index contributed by atoms with van der Waals surface area (Å²) in [5.41, 5.74) is -1.93. The van der Waals surface area contributed by atoms with Crippen molar-refractivity contribution >= 4 is 5.91 Å². The number of halogens is 4. The molecule has 2 aromatic heterocycles. The number of nitrogens with zero attached hydrogens (tertiary/aromatic N) is 3. The minimum absolute atomic E-state index is 0.0432. The molecule has 0 saturated carbocycles. The van der Waals surface area contributed by atoms with Gasteiger partial charge in [-0.05, 0) is 56.3 Å². The van der Waals surface area contributed by atoms with E-state index in [-0.39, 0.29) is 29.5 Å². The molecule has 0 aliphatic carbocycles. The molecule has 40 heavy (non-hydrogen) atoms. The van der Waals surface area contributed by atoms with Gasteiger partial charge in [0, 0.05) is 17.0 Å². The summed E-state index contributed by atoms with van der Waals surface area (Å²) in [7, 11) is 0. The van der Waals surface area contributed by atoms with Gasteiger partial charge in [0.05, 0.1) is 41.5 Å². The largest absolute Gasteiger partial charge is 0.490 e. The third-order valence-corrected chi connectivity index (χ3v) is 7.04. The van der Waals surface area contributed by atoms with Crippen molar-refractivity contribution in [1.82, 2.24) is 20.1 Å². The maximum absolute atomic E-state index is 14.5. The van der Waals surface area contributed by atoms with Gasteiger partial charge in [0.2, 0.25) is 5.60 Å². The first-order valence-corrected chi connectivity index (χ1v) is 12.5. The molecule has 0 bridgehead atoms. The number of carbonyl (C=O) groups excluding carboxylic acids is 1. The van der Waals surface area contributed by atoms with E-state index in [1.54, 1.807) is 45.0 Å². The summed E-state index contributed by atoms with van der Waals surface area (Å²) in [6.07, 6.45) is -5.21. The number of benzene rings is 2. The van der Waals surface area contributed by atoms with Gasteiger partial charge in [-0.25, -0.2) is 14.1 Å². The fourth-order valence-corrected chi connectivity index (χ4v) is 4.81. The zero-order valence-electron chi connectivity index (χ0n) is 21.9. The number of carbonyl (C=O) groups is 1. The molecule has 11 heteroatoms. The van der Waals surface area contributed by atoms with Gasteiger partial charge in [-0.15, -0.1) is 0 Å². The maximum atomic E-state index is 14.5. The summed E-state index contributed by atoms with van der Waals surface area (Å²) < 4.78 is 64.3. The Labute approximate surface area is 227 Å². The first-order valence-electron chi connectivity index (χ1n) is 12.5. The van der Waals surface area contributed by atoms with Crippen molar-refractivity contribution in [3.8, 4) is 22.7 Å². The summed E-state index contributed by atoms with van der Waals surface area (Å²) in [5, 5.41) is 17.8. The van der Waals surface area contributed by atoms with Crippen LogP contribution >= 0.6 is 0 Å². The number of amides is 1. The fourth-order valence-electron chi connectivity index (χ4n) is 4.81. The molecule has 0 spiro atoms. The molecular formula is C29H26F4N4O3. The number of hydrogen-bond donors (Lipinski definition) is 2. The number of ether oxygens (including phenoxy) is 1. The van der Waals surface area contributed by atoms with Crippen LogP contribution in [0.25, 0.3) is 16.9 Å².